The quantitative estimate of drug-likeness (QED) is 0.683. The van der Waals surface area contributed by atoms with Gasteiger partial charge in [0, 0.05) is 24.4 Å². The van der Waals surface area contributed by atoms with Gasteiger partial charge < -0.3 is 15.8 Å². The fourth-order valence-electron chi connectivity index (χ4n) is 2.42. The van der Waals surface area contributed by atoms with Crippen LogP contribution in [0.15, 0.2) is 0 Å². The van der Waals surface area contributed by atoms with Crippen LogP contribution in [0.3, 0.4) is 0 Å². The molecule has 3 N–H and O–H groups in total. The summed E-state index contributed by atoms with van der Waals surface area (Å²) in [5.74, 6) is 0. The molecule has 0 heterocycles. The van der Waals surface area contributed by atoms with Gasteiger partial charge in [0.15, 0.2) is 0 Å². The standard InChI is InChI=1S/C12H26N2OS/c1-15-9-11(4-3-7-13)14-10-5-6-12(8-10)16-2/h10-12,14H,3-9,13H2,1-2H3. The minimum absolute atomic E-state index is 0.485. The molecule has 0 radical (unpaired) electrons. The molecule has 0 saturated heterocycles. The van der Waals surface area contributed by atoms with Crippen LogP contribution in [0.4, 0.5) is 0 Å². The second-order valence-electron chi connectivity index (χ2n) is 4.62. The van der Waals surface area contributed by atoms with E-state index in [1.807, 2.05) is 11.8 Å². The van der Waals surface area contributed by atoms with Crippen LogP contribution in [0.25, 0.3) is 0 Å². The number of nitrogens with two attached hydrogens (primary N) is 1. The summed E-state index contributed by atoms with van der Waals surface area (Å²) in [6.45, 7) is 1.58. The van der Waals surface area contributed by atoms with Crippen molar-refractivity contribution in [3.63, 3.8) is 0 Å². The minimum atomic E-state index is 0.485. The minimum Gasteiger partial charge on any atom is -0.383 e. The van der Waals surface area contributed by atoms with Gasteiger partial charge in [-0.05, 0) is 44.9 Å². The molecule has 0 aromatic carbocycles. The highest BCUT2D eigenvalue weighted by molar-refractivity contribution is 7.99. The normalized spacial score (nSPS) is 27.2. The Hall–Kier alpha value is 0.230. The average Bonchev–Trinajstić information content (AvgIpc) is 2.74. The van der Waals surface area contributed by atoms with Crippen molar-refractivity contribution in [3.8, 4) is 0 Å². The van der Waals surface area contributed by atoms with Crippen molar-refractivity contribution in [1.82, 2.24) is 5.32 Å². The number of thioether (sulfide) groups is 1. The number of rotatable bonds is 8. The molecule has 0 aliphatic heterocycles. The highest BCUT2D eigenvalue weighted by Crippen LogP contribution is 2.28. The van der Waals surface area contributed by atoms with E-state index in [0.29, 0.717) is 12.1 Å². The van der Waals surface area contributed by atoms with E-state index >= 15 is 0 Å². The maximum Gasteiger partial charge on any atom is 0.0615 e. The molecule has 96 valence electrons. The fraction of sp³-hybridized carbons (Fsp3) is 1.00. The first-order valence-electron chi connectivity index (χ1n) is 6.28. The van der Waals surface area contributed by atoms with Crippen LogP contribution in [0.1, 0.15) is 32.1 Å². The highest BCUT2D eigenvalue weighted by Gasteiger charge is 2.25. The molecule has 1 aliphatic carbocycles. The maximum atomic E-state index is 5.55. The van der Waals surface area contributed by atoms with Crippen molar-refractivity contribution in [2.45, 2.75) is 49.4 Å². The van der Waals surface area contributed by atoms with E-state index in [1.165, 1.54) is 19.3 Å². The Bertz CT molecular complexity index is 180. The number of hydrogen-bond acceptors (Lipinski definition) is 4. The van der Waals surface area contributed by atoms with Crippen LogP contribution in [-0.4, -0.2) is 43.9 Å². The smallest absolute Gasteiger partial charge is 0.0615 e. The van der Waals surface area contributed by atoms with Gasteiger partial charge in [-0.1, -0.05) is 0 Å². The Morgan fingerprint density at radius 1 is 1.50 bits per heavy atom. The first kappa shape index (κ1) is 14.3. The zero-order valence-electron chi connectivity index (χ0n) is 10.6. The highest BCUT2D eigenvalue weighted by atomic mass is 32.2. The SMILES string of the molecule is COCC(CCCN)NC1CCC(SC)C1. The van der Waals surface area contributed by atoms with Gasteiger partial charge in [-0.15, -0.1) is 0 Å². The molecule has 0 bridgehead atoms. The molecule has 3 unspecified atom stereocenters. The van der Waals surface area contributed by atoms with Gasteiger partial charge in [0.1, 0.15) is 0 Å². The van der Waals surface area contributed by atoms with E-state index in [0.717, 1.165) is 31.2 Å². The number of nitrogens with one attached hydrogen (secondary N) is 1. The van der Waals surface area contributed by atoms with Gasteiger partial charge in [-0.2, -0.15) is 11.8 Å². The van der Waals surface area contributed by atoms with Gasteiger partial charge in [-0.25, -0.2) is 0 Å². The molecule has 0 amide bonds. The lowest BCUT2D eigenvalue weighted by Gasteiger charge is -2.22. The molecule has 0 aromatic rings. The monoisotopic (exact) mass is 246 g/mol. The summed E-state index contributed by atoms with van der Waals surface area (Å²) in [6.07, 6.45) is 8.41. The summed E-state index contributed by atoms with van der Waals surface area (Å²) in [4.78, 5) is 0. The molecular formula is C12H26N2OS. The Kier molecular flexibility index (Phi) is 7.45. The largest absolute Gasteiger partial charge is 0.383 e. The average molecular weight is 246 g/mol. The van der Waals surface area contributed by atoms with Crippen molar-refractivity contribution < 1.29 is 4.74 Å². The van der Waals surface area contributed by atoms with E-state index < -0.39 is 0 Å². The summed E-state index contributed by atoms with van der Waals surface area (Å²) in [5.41, 5.74) is 5.55. The number of methoxy groups -OCH3 is 1. The van der Waals surface area contributed by atoms with E-state index in [-0.39, 0.29) is 0 Å². The van der Waals surface area contributed by atoms with E-state index in [1.54, 1.807) is 7.11 Å². The summed E-state index contributed by atoms with van der Waals surface area (Å²) in [7, 11) is 1.77. The lowest BCUT2D eigenvalue weighted by Crippen LogP contribution is -2.40. The first-order chi connectivity index (χ1) is 7.80. The third-order valence-electron chi connectivity index (χ3n) is 3.31. The molecule has 4 heteroatoms. The van der Waals surface area contributed by atoms with E-state index in [4.69, 9.17) is 10.5 Å². The second-order valence-corrected chi connectivity index (χ2v) is 5.76. The molecule has 1 saturated carbocycles. The zero-order valence-corrected chi connectivity index (χ0v) is 11.4. The van der Waals surface area contributed by atoms with Crippen LogP contribution < -0.4 is 11.1 Å². The molecule has 1 aliphatic rings. The fourth-order valence-corrected chi connectivity index (χ4v) is 3.22. The summed E-state index contributed by atoms with van der Waals surface area (Å²) < 4.78 is 5.26. The summed E-state index contributed by atoms with van der Waals surface area (Å²) in [6, 6.07) is 1.18. The Morgan fingerprint density at radius 2 is 2.31 bits per heavy atom. The van der Waals surface area contributed by atoms with Crippen LogP contribution in [0, 0.1) is 0 Å². The molecular weight excluding hydrogens is 220 g/mol. The van der Waals surface area contributed by atoms with E-state index in [2.05, 4.69) is 11.6 Å². The molecule has 3 atom stereocenters. The Balaban J connectivity index is 2.25. The zero-order chi connectivity index (χ0) is 11.8. The first-order valence-corrected chi connectivity index (χ1v) is 7.56. The van der Waals surface area contributed by atoms with Gasteiger partial charge in [-0.3, -0.25) is 0 Å². The molecule has 3 nitrogen and oxygen atoms in total. The predicted octanol–water partition coefficient (Wildman–Crippen LogP) is 1.61. The molecule has 1 rings (SSSR count). The molecule has 0 spiro atoms. The topological polar surface area (TPSA) is 47.3 Å². The van der Waals surface area contributed by atoms with Crippen LogP contribution in [0.2, 0.25) is 0 Å². The summed E-state index contributed by atoms with van der Waals surface area (Å²) >= 11 is 2.00. The van der Waals surface area contributed by atoms with Gasteiger partial charge in [0.2, 0.25) is 0 Å². The molecule has 1 fully saturated rings. The Labute approximate surface area is 104 Å². The number of hydrogen-bond donors (Lipinski definition) is 2. The number of ether oxygens (including phenoxy) is 1. The van der Waals surface area contributed by atoms with Gasteiger partial charge in [0.05, 0.1) is 6.61 Å². The lowest BCUT2D eigenvalue weighted by atomic mass is 10.1. The van der Waals surface area contributed by atoms with E-state index in [9.17, 15) is 0 Å². The third kappa shape index (κ3) is 5.04. The Morgan fingerprint density at radius 3 is 2.88 bits per heavy atom. The van der Waals surface area contributed by atoms with Crippen molar-refractivity contribution >= 4 is 11.8 Å². The maximum absolute atomic E-state index is 5.55. The van der Waals surface area contributed by atoms with Crippen molar-refractivity contribution in [2.75, 3.05) is 26.5 Å². The van der Waals surface area contributed by atoms with Crippen molar-refractivity contribution in [3.05, 3.63) is 0 Å². The van der Waals surface area contributed by atoms with Crippen LogP contribution in [-0.2, 0) is 4.74 Å². The van der Waals surface area contributed by atoms with Gasteiger partial charge in [0.25, 0.3) is 0 Å². The van der Waals surface area contributed by atoms with Crippen LogP contribution in [0.5, 0.6) is 0 Å². The van der Waals surface area contributed by atoms with Crippen molar-refractivity contribution in [2.24, 2.45) is 5.73 Å². The van der Waals surface area contributed by atoms with Gasteiger partial charge >= 0.3 is 0 Å². The second kappa shape index (κ2) is 8.34. The summed E-state index contributed by atoms with van der Waals surface area (Å²) in [5, 5.41) is 4.58. The predicted molar refractivity (Wildman–Crippen MR) is 72.0 cm³/mol. The van der Waals surface area contributed by atoms with Crippen molar-refractivity contribution in [1.29, 1.82) is 0 Å². The molecule has 16 heavy (non-hydrogen) atoms. The third-order valence-corrected chi connectivity index (χ3v) is 4.41. The van der Waals surface area contributed by atoms with Crippen LogP contribution >= 0.6 is 11.8 Å². The molecule has 0 aromatic heterocycles. The lowest BCUT2D eigenvalue weighted by molar-refractivity contribution is 0.155.